The average Bonchev–Trinajstić information content (AvgIpc) is 2.65. The van der Waals surface area contributed by atoms with E-state index >= 15 is 0 Å². The minimum atomic E-state index is -1.21. The molecular weight excluding hydrogens is 328 g/mol. The van der Waals surface area contributed by atoms with Gasteiger partial charge in [-0.25, -0.2) is 0 Å². The number of rotatable bonds is 4. The highest BCUT2D eigenvalue weighted by atomic mass is 16.5. The van der Waals surface area contributed by atoms with Gasteiger partial charge in [0.2, 0.25) is 0 Å². The smallest absolute Gasteiger partial charge is 0.185 e. The van der Waals surface area contributed by atoms with E-state index in [9.17, 15) is 14.7 Å². The van der Waals surface area contributed by atoms with Crippen molar-refractivity contribution in [3.63, 3.8) is 0 Å². The van der Waals surface area contributed by atoms with Gasteiger partial charge in [0.25, 0.3) is 0 Å². The van der Waals surface area contributed by atoms with Crippen LogP contribution < -0.4 is 9.84 Å². The molecule has 3 rings (SSSR count). The fourth-order valence-corrected chi connectivity index (χ4v) is 3.03. The molecule has 0 spiro atoms. The molecule has 0 unspecified atom stereocenters. The Labute approximate surface area is 152 Å². The molecule has 4 heteroatoms. The molecule has 0 atom stereocenters. The van der Waals surface area contributed by atoms with Crippen LogP contribution in [0, 0.1) is 0 Å². The number of Topliss-reactive ketones (excluding diaryl/α,β-unsaturated/α-hetero) is 1. The van der Waals surface area contributed by atoms with Crippen molar-refractivity contribution in [2.75, 3.05) is 7.11 Å². The molecular formula is C22H19O4-. The fraction of sp³-hybridized carbons (Fsp3) is 0.182. The molecule has 0 N–H and O–H groups in total. The Bertz CT molecular complexity index is 889. The highest BCUT2D eigenvalue weighted by Crippen LogP contribution is 2.28. The lowest BCUT2D eigenvalue weighted by atomic mass is 9.87. The predicted molar refractivity (Wildman–Crippen MR) is 98.6 cm³/mol. The van der Waals surface area contributed by atoms with Crippen LogP contribution in [0.4, 0.5) is 0 Å². The van der Waals surface area contributed by atoms with Crippen LogP contribution in [0.3, 0.4) is 0 Å². The molecule has 0 aliphatic heterocycles. The normalized spacial score (nSPS) is 17.5. The number of carbonyl (C=O) groups is 2. The third-order valence-corrected chi connectivity index (χ3v) is 4.40. The van der Waals surface area contributed by atoms with Gasteiger partial charge in [0.05, 0.1) is 13.1 Å². The highest BCUT2D eigenvalue weighted by Gasteiger charge is 2.20. The van der Waals surface area contributed by atoms with E-state index < -0.39 is 5.97 Å². The molecule has 4 nitrogen and oxygen atoms in total. The number of ketones is 1. The summed E-state index contributed by atoms with van der Waals surface area (Å²) in [5.41, 5.74) is 3.39. The van der Waals surface area contributed by atoms with E-state index in [-0.39, 0.29) is 11.3 Å². The van der Waals surface area contributed by atoms with Crippen molar-refractivity contribution in [2.45, 2.75) is 19.3 Å². The molecule has 0 saturated heterocycles. The van der Waals surface area contributed by atoms with Gasteiger partial charge >= 0.3 is 0 Å². The van der Waals surface area contributed by atoms with Crippen LogP contribution in [0.25, 0.3) is 12.2 Å². The summed E-state index contributed by atoms with van der Waals surface area (Å²) in [6, 6.07) is 14.0. The zero-order chi connectivity index (χ0) is 18.5. The number of methoxy groups -OCH3 is 1. The Kier molecular flexibility index (Phi) is 5.32. The SMILES string of the molecule is COc1cccc(/C=C2\CCC/C(=C\c3ccc(C(=O)[O-])cc3)C2=O)c1. The molecule has 26 heavy (non-hydrogen) atoms. The van der Waals surface area contributed by atoms with Gasteiger partial charge in [-0.2, -0.15) is 0 Å². The second-order valence-corrected chi connectivity index (χ2v) is 6.21. The molecule has 0 aromatic heterocycles. The van der Waals surface area contributed by atoms with E-state index in [1.165, 1.54) is 12.1 Å². The molecule has 1 aliphatic carbocycles. The number of hydrogen-bond donors (Lipinski definition) is 0. The highest BCUT2D eigenvalue weighted by molar-refractivity contribution is 6.14. The van der Waals surface area contributed by atoms with Crippen molar-refractivity contribution in [2.24, 2.45) is 0 Å². The topological polar surface area (TPSA) is 66.4 Å². The van der Waals surface area contributed by atoms with Crippen LogP contribution in [0.5, 0.6) is 5.75 Å². The average molecular weight is 347 g/mol. The second-order valence-electron chi connectivity index (χ2n) is 6.21. The van der Waals surface area contributed by atoms with Crippen molar-refractivity contribution >= 4 is 23.9 Å². The van der Waals surface area contributed by atoms with E-state index in [1.54, 1.807) is 19.2 Å². The van der Waals surface area contributed by atoms with Crippen LogP contribution in [0.1, 0.15) is 40.7 Å². The minimum Gasteiger partial charge on any atom is -0.545 e. The molecule has 0 radical (unpaired) electrons. The lowest BCUT2D eigenvalue weighted by Gasteiger charge is -2.17. The van der Waals surface area contributed by atoms with Crippen molar-refractivity contribution in [1.29, 1.82) is 0 Å². The number of carbonyl (C=O) groups excluding carboxylic acids is 2. The molecule has 0 amide bonds. The van der Waals surface area contributed by atoms with Crippen molar-refractivity contribution in [1.82, 2.24) is 0 Å². The lowest BCUT2D eigenvalue weighted by molar-refractivity contribution is -0.255. The van der Waals surface area contributed by atoms with Gasteiger partial charge in [-0.15, -0.1) is 0 Å². The minimum absolute atomic E-state index is 0.0445. The summed E-state index contributed by atoms with van der Waals surface area (Å²) in [7, 11) is 1.62. The molecule has 1 aliphatic rings. The van der Waals surface area contributed by atoms with Gasteiger partial charge in [0, 0.05) is 11.1 Å². The molecule has 1 saturated carbocycles. The molecule has 0 bridgehead atoms. The standard InChI is InChI=1S/C22H20O4/c1-26-20-7-2-4-16(14-20)13-19-6-3-5-18(21(19)23)12-15-8-10-17(11-9-15)22(24)25/h2,4,7-14H,3,5-6H2,1H3,(H,24,25)/p-1/b18-12+,19-13+. The first-order valence-electron chi connectivity index (χ1n) is 8.48. The van der Waals surface area contributed by atoms with Gasteiger partial charge in [0.15, 0.2) is 5.78 Å². The van der Waals surface area contributed by atoms with E-state index in [0.29, 0.717) is 0 Å². The summed E-state index contributed by atoms with van der Waals surface area (Å²) < 4.78 is 5.23. The van der Waals surface area contributed by atoms with Crippen LogP contribution in [-0.4, -0.2) is 18.9 Å². The fourth-order valence-electron chi connectivity index (χ4n) is 3.03. The maximum Gasteiger partial charge on any atom is 0.185 e. The molecule has 0 heterocycles. The van der Waals surface area contributed by atoms with Gasteiger partial charge in [-0.05, 0) is 60.2 Å². The summed E-state index contributed by atoms with van der Waals surface area (Å²) in [6.45, 7) is 0. The van der Waals surface area contributed by atoms with E-state index in [1.807, 2.05) is 36.4 Å². The maximum atomic E-state index is 12.8. The van der Waals surface area contributed by atoms with Gasteiger partial charge in [0.1, 0.15) is 5.75 Å². The summed E-state index contributed by atoms with van der Waals surface area (Å²) in [5, 5.41) is 10.8. The first-order valence-corrected chi connectivity index (χ1v) is 8.48. The summed E-state index contributed by atoms with van der Waals surface area (Å²) >= 11 is 0. The molecule has 132 valence electrons. The van der Waals surface area contributed by atoms with E-state index in [2.05, 4.69) is 0 Å². The Morgan fingerprint density at radius 3 is 2.27 bits per heavy atom. The Hall–Kier alpha value is -3.14. The van der Waals surface area contributed by atoms with E-state index in [4.69, 9.17) is 4.74 Å². The summed E-state index contributed by atoms with van der Waals surface area (Å²) in [6.07, 6.45) is 6.12. The van der Waals surface area contributed by atoms with Gasteiger partial charge in [-0.1, -0.05) is 36.4 Å². The number of carboxylic acids is 1. The van der Waals surface area contributed by atoms with Crippen LogP contribution in [-0.2, 0) is 4.79 Å². The van der Waals surface area contributed by atoms with Crippen LogP contribution in [0.2, 0.25) is 0 Å². The second kappa shape index (κ2) is 7.83. The number of ether oxygens (including phenoxy) is 1. The largest absolute Gasteiger partial charge is 0.545 e. The van der Waals surface area contributed by atoms with Crippen LogP contribution in [0.15, 0.2) is 59.7 Å². The summed E-state index contributed by atoms with van der Waals surface area (Å²) in [5.74, 6) is -0.407. The molecule has 2 aromatic rings. The Balaban J connectivity index is 1.84. The first kappa shape index (κ1) is 17.7. The number of carboxylic acid groups (broad SMARTS) is 1. The van der Waals surface area contributed by atoms with Crippen molar-refractivity contribution in [3.05, 3.63) is 76.4 Å². The summed E-state index contributed by atoms with van der Waals surface area (Å²) in [4.78, 5) is 23.6. The Morgan fingerprint density at radius 1 is 1.00 bits per heavy atom. The quantitative estimate of drug-likeness (QED) is 0.796. The zero-order valence-electron chi connectivity index (χ0n) is 14.5. The van der Waals surface area contributed by atoms with Crippen molar-refractivity contribution in [3.8, 4) is 5.75 Å². The number of hydrogen-bond acceptors (Lipinski definition) is 4. The zero-order valence-corrected chi connectivity index (χ0v) is 14.5. The molecule has 1 fully saturated rings. The number of allylic oxidation sites excluding steroid dienone is 2. The third kappa shape index (κ3) is 4.09. The van der Waals surface area contributed by atoms with Gasteiger partial charge in [-0.3, -0.25) is 4.79 Å². The predicted octanol–water partition coefficient (Wildman–Crippen LogP) is 3.28. The number of aromatic carboxylic acids is 1. The van der Waals surface area contributed by atoms with Crippen LogP contribution >= 0.6 is 0 Å². The molecule has 2 aromatic carbocycles. The first-order chi connectivity index (χ1) is 12.6. The van der Waals surface area contributed by atoms with E-state index in [0.717, 1.165) is 47.3 Å². The van der Waals surface area contributed by atoms with Gasteiger partial charge < -0.3 is 14.6 Å². The maximum absolute atomic E-state index is 12.8. The monoisotopic (exact) mass is 347 g/mol. The third-order valence-electron chi connectivity index (χ3n) is 4.40. The Morgan fingerprint density at radius 2 is 1.65 bits per heavy atom. The lowest BCUT2D eigenvalue weighted by Crippen LogP contribution is -2.21. The number of benzene rings is 2. The van der Waals surface area contributed by atoms with Crippen molar-refractivity contribution < 1.29 is 19.4 Å².